The zero-order valence-electron chi connectivity index (χ0n) is 13.0. The molecule has 4 heteroatoms. The van der Waals surface area contributed by atoms with Crippen molar-refractivity contribution in [1.29, 1.82) is 0 Å². The number of pyridine rings is 1. The Kier molecular flexibility index (Phi) is 3.62. The van der Waals surface area contributed by atoms with Gasteiger partial charge in [-0.1, -0.05) is 24.3 Å². The van der Waals surface area contributed by atoms with Crippen molar-refractivity contribution in [2.45, 2.75) is 32.4 Å². The zero-order valence-corrected chi connectivity index (χ0v) is 13.8. The number of amides is 1. The van der Waals surface area contributed by atoms with Crippen LogP contribution in [0.5, 0.6) is 0 Å². The molecule has 1 fully saturated rings. The predicted molar refractivity (Wildman–Crippen MR) is 93.7 cm³/mol. The van der Waals surface area contributed by atoms with Gasteiger partial charge in [0.2, 0.25) is 0 Å². The third-order valence-corrected chi connectivity index (χ3v) is 5.09. The lowest BCUT2D eigenvalue weighted by Gasteiger charge is -2.23. The third-order valence-electron chi connectivity index (χ3n) is 4.23. The van der Waals surface area contributed by atoms with E-state index >= 15 is 0 Å². The standard InChI is InChI=1S/C19H18N2OS/c1-13-11-17(16-6-2-3-7-18(16)20-13)19(22)21(14-8-9-14)12-15-5-4-10-23-15/h2-7,10-11,14H,8-9,12H2,1H3. The van der Waals surface area contributed by atoms with Crippen molar-refractivity contribution >= 4 is 28.1 Å². The molecule has 0 unspecified atom stereocenters. The maximum atomic E-state index is 13.2. The Morgan fingerprint density at radius 3 is 2.83 bits per heavy atom. The van der Waals surface area contributed by atoms with E-state index in [1.165, 1.54) is 4.88 Å². The van der Waals surface area contributed by atoms with Crippen LogP contribution >= 0.6 is 11.3 Å². The number of hydrogen-bond acceptors (Lipinski definition) is 3. The van der Waals surface area contributed by atoms with E-state index in [4.69, 9.17) is 0 Å². The van der Waals surface area contributed by atoms with E-state index in [-0.39, 0.29) is 5.91 Å². The molecule has 0 atom stereocenters. The Labute approximate surface area is 139 Å². The molecular formula is C19H18N2OS. The van der Waals surface area contributed by atoms with E-state index in [0.29, 0.717) is 12.6 Å². The summed E-state index contributed by atoms with van der Waals surface area (Å²) < 4.78 is 0. The topological polar surface area (TPSA) is 33.2 Å². The van der Waals surface area contributed by atoms with Crippen molar-refractivity contribution in [1.82, 2.24) is 9.88 Å². The molecule has 0 N–H and O–H groups in total. The van der Waals surface area contributed by atoms with E-state index in [9.17, 15) is 4.79 Å². The molecule has 3 aromatic rings. The Hall–Kier alpha value is -2.20. The highest BCUT2D eigenvalue weighted by atomic mass is 32.1. The Morgan fingerprint density at radius 1 is 1.26 bits per heavy atom. The molecule has 23 heavy (non-hydrogen) atoms. The van der Waals surface area contributed by atoms with Crippen LogP contribution in [-0.2, 0) is 6.54 Å². The zero-order chi connectivity index (χ0) is 15.8. The summed E-state index contributed by atoms with van der Waals surface area (Å²) in [6.07, 6.45) is 2.22. The summed E-state index contributed by atoms with van der Waals surface area (Å²) in [4.78, 5) is 21.0. The molecule has 1 amide bonds. The fourth-order valence-corrected chi connectivity index (χ4v) is 3.67. The molecule has 0 aliphatic heterocycles. The lowest BCUT2D eigenvalue weighted by atomic mass is 10.1. The van der Waals surface area contributed by atoms with Crippen molar-refractivity contribution < 1.29 is 4.79 Å². The number of aromatic nitrogens is 1. The van der Waals surface area contributed by atoms with Crippen LogP contribution in [0.25, 0.3) is 10.9 Å². The monoisotopic (exact) mass is 322 g/mol. The van der Waals surface area contributed by atoms with E-state index < -0.39 is 0 Å². The third kappa shape index (κ3) is 2.86. The summed E-state index contributed by atoms with van der Waals surface area (Å²) in [7, 11) is 0. The van der Waals surface area contributed by atoms with Gasteiger partial charge in [0.25, 0.3) is 5.91 Å². The van der Waals surface area contributed by atoms with Gasteiger partial charge in [-0.05, 0) is 43.3 Å². The Morgan fingerprint density at radius 2 is 2.09 bits per heavy atom. The summed E-state index contributed by atoms with van der Waals surface area (Å²) in [6, 6.07) is 14.4. The molecule has 1 aliphatic carbocycles. The molecule has 4 rings (SSSR count). The first-order valence-corrected chi connectivity index (χ1v) is 8.80. The van der Waals surface area contributed by atoms with Gasteiger partial charge in [-0.25, -0.2) is 0 Å². The van der Waals surface area contributed by atoms with Gasteiger partial charge in [-0.15, -0.1) is 11.3 Å². The van der Waals surface area contributed by atoms with Gasteiger partial charge in [0, 0.05) is 22.0 Å². The van der Waals surface area contributed by atoms with Gasteiger partial charge in [0.15, 0.2) is 0 Å². The molecule has 1 aromatic carbocycles. The Bertz CT molecular complexity index is 853. The molecule has 1 aliphatic rings. The fourth-order valence-electron chi connectivity index (χ4n) is 2.96. The summed E-state index contributed by atoms with van der Waals surface area (Å²) in [5, 5.41) is 3.01. The molecule has 3 nitrogen and oxygen atoms in total. The van der Waals surface area contributed by atoms with E-state index in [1.54, 1.807) is 11.3 Å². The van der Waals surface area contributed by atoms with Gasteiger partial charge in [0.1, 0.15) is 0 Å². The predicted octanol–water partition coefficient (Wildman–Crippen LogP) is 4.41. The van der Waals surface area contributed by atoms with Gasteiger partial charge in [-0.2, -0.15) is 0 Å². The number of benzene rings is 1. The minimum atomic E-state index is 0.127. The summed E-state index contributed by atoms with van der Waals surface area (Å²) in [5.41, 5.74) is 2.55. The summed E-state index contributed by atoms with van der Waals surface area (Å²) in [5.74, 6) is 0.127. The molecule has 0 spiro atoms. The highest BCUT2D eigenvalue weighted by Crippen LogP contribution is 2.32. The molecule has 1 saturated carbocycles. The molecular weight excluding hydrogens is 304 g/mol. The van der Waals surface area contributed by atoms with Gasteiger partial charge >= 0.3 is 0 Å². The second kappa shape index (κ2) is 5.78. The lowest BCUT2D eigenvalue weighted by Crippen LogP contribution is -2.32. The van der Waals surface area contributed by atoms with Crippen LogP contribution in [0, 0.1) is 6.92 Å². The van der Waals surface area contributed by atoms with Gasteiger partial charge < -0.3 is 4.90 Å². The number of hydrogen-bond donors (Lipinski definition) is 0. The fraction of sp³-hybridized carbons (Fsp3) is 0.263. The number of carbonyl (C=O) groups is 1. The average Bonchev–Trinajstić information content (AvgIpc) is 3.27. The minimum Gasteiger partial charge on any atom is -0.331 e. The maximum Gasteiger partial charge on any atom is 0.255 e. The number of rotatable bonds is 4. The second-order valence-electron chi connectivity index (χ2n) is 6.07. The van der Waals surface area contributed by atoms with Crippen LogP contribution in [0.4, 0.5) is 0 Å². The number of carbonyl (C=O) groups excluding carboxylic acids is 1. The summed E-state index contributed by atoms with van der Waals surface area (Å²) in [6.45, 7) is 2.65. The molecule has 0 bridgehead atoms. The van der Waals surface area contributed by atoms with Crippen molar-refractivity contribution in [3.8, 4) is 0 Å². The number of fused-ring (bicyclic) bond motifs is 1. The largest absolute Gasteiger partial charge is 0.331 e. The highest BCUT2D eigenvalue weighted by Gasteiger charge is 2.34. The van der Waals surface area contributed by atoms with Crippen molar-refractivity contribution in [2.24, 2.45) is 0 Å². The van der Waals surface area contributed by atoms with Crippen molar-refractivity contribution in [3.63, 3.8) is 0 Å². The Balaban J connectivity index is 1.74. The van der Waals surface area contributed by atoms with E-state index in [2.05, 4.69) is 16.4 Å². The first-order valence-electron chi connectivity index (χ1n) is 7.92. The van der Waals surface area contributed by atoms with E-state index in [0.717, 1.165) is 35.0 Å². The molecule has 0 saturated heterocycles. The van der Waals surface area contributed by atoms with Crippen LogP contribution in [-0.4, -0.2) is 21.8 Å². The number of para-hydroxylation sites is 1. The number of aryl methyl sites for hydroxylation is 1. The van der Waals surface area contributed by atoms with Gasteiger partial charge in [-0.3, -0.25) is 9.78 Å². The minimum absolute atomic E-state index is 0.127. The van der Waals surface area contributed by atoms with Crippen LogP contribution in [0.3, 0.4) is 0 Å². The van der Waals surface area contributed by atoms with Crippen LogP contribution in [0.15, 0.2) is 47.8 Å². The second-order valence-corrected chi connectivity index (χ2v) is 7.10. The first kappa shape index (κ1) is 14.4. The normalized spacial score (nSPS) is 14.1. The molecule has 116 valence electrons. The molecule has 0 radical (unpaired) electrons. The number of thiophene rings is 1. The van der Waals surface area contributed by atoms with Gasteiger partial charge in [0.05, 0.1) is 17.6 Å². The SMILES string of the molecule is Cc1cc(C(=O)N(Cc2cccs2)C2CC2)c2ccccc2n1. The lowest BCUT2D eigenvalue weighted by molar-refractivity contribution is 0.0733. The summed E-state index contributed by atoms with van der Waals surface area (Å²) >= 11 is 1.71. The average molecular weight is 322 g/mol. The van der Waals surface area contributed by atoms with E-state index in [1.807, 2.05) is 48.2 Å². The molecule has 2 aromatic heterocycles. The van der Waals surface area contributed by atoms with Crippen LogP contribution in [0.1, 0.15) is 33.8 Å². The quantitative estimate of drug-likeness (QED) is 0.713. The molecule has 2 heterocycles. The van der Waals surface area contributed by atoms with Crippen molar-refractivity contribution in [2.75, 3.05) is 0 Å². The van der Waals surface area contributed by atoms with Crippen molar-refractivity contribution in [3.05, 3.63) is 64.0 Å². The smallest absolute Gasteiger partial charge is 0.255 e. The van der Waals surface area contributed by atoms with Crippen LogP contribution < -0.4 is 0 Å². The van der Waals surface area contributed by atoms with Crippen LogP contribution in [0.2, 0.25) is 0 Å². The maximum absolute atomic E-state index is 13.2. The first-order chi connectivity index (χ1) is 11.2. The highest BCUT2D eigenvalue weighted by molar-refractivity contribution is 7.09. The number of nitrogens with zero attached hydrogens (tertiary/aromatic N) is 2.